The van der Waals surface area contributed by atoms with Crippen molar-refractivity contribution in [1.29, 1.82) is 0 Å². The SMILES string of the molecule is COC1=C(C)C=NC2=[N+](C)C(=O)N(CC(=O)Nc3ccc(Cl)c(Cl)c3)C(=O)C12. The lowest BCUT2D eigenvalue weighted by Gasteiger charge is -2.28. The van der Waals surface area contributed by atoms with Gasteiger partial charge in [0.25, 0.3) is 11.7 Å². The van der Waals surface area contributed by atoms with E-state index in [0.717, 1.165) is 4.90 Å². The van der Waals surface area contributed by atoms with E-state index in [0.29, 0.717) is 22.0 Å². The van der Waals surface area contributed by atoms with Gasteiger partial charge in [0, 0.05) is 11.3 Å². The molecule has 1 aromatic carbocycles. The molecule has 146 valence electrons. The summed E-state index contributed by atoms with van der Waals surface area (Å²) in [4.78, 5) is 43.1. The van der Waals surface area contributed by atoms with Crippen LogP contribution in [0.1, 0.15) is 6.92 Å². The highest BCUT2D eigenvalue weighted by Crippen LogP contribution is 2.28. The number of nitrogens with zero attached hydrogens (tertiary/aromatic N) is 3. The summed E-state index contributed by atoms with van der Waals surface area (Å²) in [6.45, 7) is 1.29. The molecule has 1 atom stereocenters. The van der Waals surface area contributed by atoms with Crippen molar-refractivity contribution >= 4 is 58.8 Å². The average Bonchev–Trinajstić information content (AvgIpc) is 2.66. The van der Waals surface area contributed by atoms with Crippen LogP contribution in [0.5, 0.6) is 0 Å². The number of imide groups is 1. The molecule has 0 aliphatic carbocycles. The van der Waals surface area contributed by atoms with Crippen molar-refractivity contribution in [1.82, 2.24) is 4.90 Å². The number of urea groups is 1. The fourth-order valence-electron chi connectivity index (χ4n) is 3.02. The molecular weight excluding hydrogens is 407 g/mol. The van der Waals surface area contributed by atoms with Crippen LogP contribution in [0, 0.1) is 5.92 Å². The fraction of sp³-hybridized carbons (Fsp3) is 0.278. The minimum Gasteiger partial charge on any atom is -0.499 e. The van der Waals surface area contributed by atoms with E-state index in [1.54, 1.807) is 13.0 Å². The van der Waals surface area contributed by atoms with Gasteiger partial charge >= 0.3 is 11.9 Å². The number of carbonyl (C=O) groups is 3. The van der Waals surface area contributed by atoms with Gasteiger partial charge in [-0.3, -0.25) is 9.59 Å². The van der Waals surface area contributed by atoms with E-state index in [1.807, 2.05) is 0 Å². The van der Waals surface area contributed by atoms with Crippen molar-refractivity contribution in [3.05, 3.63) is 39.6 Å². The number of carbonyl (C=O) groups excluding carboxylic acids is 3. The largest absolute Gasteiger partial charge is 0.499 e. The molecule has 0 saturated carbocycles. The highest BCUT2D eigenvalue weighted by atomic mass is 35.5. The molecular formula is C18H17Cl2N4O4+. The Morgan fingerprint density at radius 1 is 1.32 bits per heavy atom. The number of hydrogen-bond donors (Lipinski definition) is 1. The first-order valence-corrected chi connectivity index (χ1v) is 8.99. The molecule has 1 N–H and O–H groups in total. The third kappa shape index (κ3) is 3.53. The molecule has 0 radical (unpaired) electrons. The van der Waals surface area contributed by atoms with Crippen LogP contribution in [0.3, 0.4) is 0 Å². The number of dihydropyridines is 1. The summed E-state index contributed by atoms with van der Waals surface area (Å²) in [5.74, 6) is -1.36. The molecule has 0 saturated heterocycles. The predicted octanol–water partition coefficient (Wildman–Crippen LogP) is 2.56. The Hall–Kier alpha value is -2.71. The summed E-state index contributed by atoms with van der Waals surface area (Å²) in [5.41, 5.74) is 1.07. The summed E-state index contributed by atoms with van der Waals surface area (Å²) in [7, 11) is 2.94. The zero-order chi connectivity index (χ0) is 20.6. The van der Waals surface area contributed by atoms with Crippen LogP contribution in [0.15, 0.2) is 34.5 Å². The lowest BCUT2D eigenvalue weighted by Crippen LogP contribution is -2.56. The molecule has 10 heteroatoms. The third-order valence-corrected chi connectivity index (χ3v) is 5.14. The van der Waals surface area contributed by atoms with Gasteiger partial charge in [0.1, 0.15) is 12.0 Å². The van der Waals surface area contributed by atoms with Gasteiger partial charge in [-0.15, -0.1) is 4.99 Å². The number of halogens is 2. The average molecular weight is 424 g/mol. The molecule has 3 rings (SSSR count). The Labute approximate surface area is 171 Å². The lowest BCUT2D eigenvalue weighted by molar-refractivity contribution is -0.408. The standard InChI is InChI=1S/C18H16Cl2N4O4/c1-9-7-21-16-14(15(9)28-3)17(26)24(18(27)23(16)2)8-13(25)22-10-4-5-11(19)12(20)6-10/h4-7,14H,8H2,1-3H3/p+1. The quantitative estimate of drug-likeness (QED) is 0.753. The Balaban J connectivity index is 1.84. The monoisotopic (exact) mass is 423 g/mol. The van der Waals surface area contributed by atoms with E-state index in [9.17, 15) is 14.4 Å². The van der Waals surface area contributed by atoms with Crippen molar-refractivity contribution in [3.63, 3.8) is 0 Å². The van der Waals surface area contributed by atoms with Crippen molar-refractivity contribution in [3.8, 4) is 0 Å². The molecule has 1 unspecified atom stereocenters. The zero-order valence-electron chi connectivity index (χ0n) is 15.3. The Bertz CT molecular complexity index is 984. The first kappa shape index (κ1) is 20.0. The summed E-state index contributed by atoms with van der Waals surface area (Å²) in [6.07, 6.45) is 1.54. The van der Waals surface area contributed by atoms with Gasteiger partial charge < -0.3 is 10.1 Å². The number of amidine groups is 1. The van der Waals surface area contributed by atoms with E-state index in [2.05, 4.69) is 10.3 Å². The topological polar surface area (TPSA) is 91.1 Å². The second-order valence-corrected chi connectivity index (χ2v) is 7.06. The van der Waals surface area contributed by atoms with Crippen molar-refractivity contribution < 1.29 is 23.7 Å². The van der Waals surface area contributed by atoms with E-state index in [-0.39, 0.29) is 10.9 Å². The summed E-state index contributed by atoms with van der Waals surface area (Å²) in [5, 5.41) is 3.21. The van der Waals surface area contributed by atoms with Crippen LogP contribution in [0.2, 0.25) is 10.0 Å². The molecule has 8 nitrogen and oxygen atoms in total. The van der Waals surface area contributed by atoms with Crippen LogP contribution >= 0.6 is 23.2 Å². The molecule has 4 amide bonds. The van der Waals surface area contributed by atoms with E-state index in [4.69, 9.17) is 27.9 Å². The number of anilines is 1. The Morgan fingerprint density at radius 3 is 2.68 bits per heavy atom. The number of allylic oxidation sites excluding steroid dienone is 1. The van der Waals surface area contributed by atoms with Gasteiger partial charge in [0.2, 0.25) is 0 Å². The maximum Gasteiger partial charge on any atom is 0.446 e. The molecule has 2 heterocycles. The summed E-state index contributed by atoms with van der Waals surface area (Å²) >= 11 is 11.8. The number of nitrogens with one attached hydrogen (secondary N) is 1. The van der Waals surface area contributed by atoms with Gasteiger partial charge in [-0.05, 0) is 25.1 Å². The van der Waals surface area contributed by atoms with E-state index in [1.165, 1.54) is 37.1 Å². The number of methoxy groups -OCH3 is 1. The van der Waals surface area contributed by atoms with E-state index < -0.39 is 30.3 Å². The first-order chi connectivity index (χ1) is 13.2. The number of amides is 4. The first-order valence-electron chi connectivity index (χ1n) is 8.24. The molecule has 0 fully saturated rings. The smallest absolute Gasteiger partial charge is 0.446 e. The van der Waals surface area contributed by atoms with Crippen molar-refractivity contribution in [2.24, 2.45) is 10.9 Å². The van der Waals surface area contributed by atoms with Gasteiger partial charge in [0.15, 0.2) is 12.5 Å². The highest BCUT2D eigenvalue weighted by molar-refractivity contribution is 6.42. The number of aliphatic imine (C=N–C) groups is 1. The van der Waals surface area contributed by atoms with Crippen molar-refractivity contribution in [2.45, 2.75) is 6.92 Å². The second kappa shape index (κ2) is 7.73. The molecule has 1 aromatic rings. The molecule has 0 bridgehead atoms. The number of rotatable bonds is 4. The molecule has 0 aromatic heterocycles. The molecule has 28 heavy (non-hydrogen) atoms. The van der Waals surface area contributed by atoms with Crippen molar-refractivity contribution in [2.75, 3.05) is 26.0 Å². The van der Waals surface area contributed by atoms with Crippen LogP contribution < -0.4 is 5.32 Å². The van der Waals surface area contributed by atoms with E-state index >= 15 is 0 Å². The number of benzene rings is 1. The van der Waals surface area contributed by atoms with Gasteiger partial charge in [-0.1, -0.05) is 23.2 Å². The summed E-state index contributed by atoms with van der Waals surface area (Å²) < 4.78 is 6.59. The minimum absolute atomic E-state index is 0.263. The second-order valence-electron chi connectivity index (χ2n) is 6.24. The molecule has 2 aliphatic rings. The highest BCUT2D eigenvalue weighted by Gasteiger charge is 2.50. The maximum atomic E-state index is 13.0. The lowest BCUT2D eigenvalue weighted by atomic mass is 9.96. The number of ether oxygens (including phenoxy) is 1. The maximum absolute atomic E-state index is 13.0. The van der Waals surface area contributed by atoms with Crippen LogP contribution in [-0.2, 0) is 14.3 Å². The van der Waals surface area contributed by atoms with Crippen LogP contribution in [-0.4, -0.2) is 60.1 Å². The third-order valence-electron chi connectivity index (χ3n) is 4.40. The van der Waals surface area contributed by atoms with Crippen LogP contribution in [0.4, 0.5) is 10.5 Å². The van der Waals surface area contributed by atoms with Crippen LogP contribution in [0.25, 0.3) is 0 Å². The number of hydrogen-bond acceptors (Lipinski definition) is 5. The number of fused-ring (bicyclic) bond motifs is 1. The van der Waals surface area contributed by atoms with Gasteiger partial charge in [-0.2, -0.15) is 9.48 Å². The van der Waals surface area contributed by atoms with Gasteiger partial charge in [-0.25, -0.2) is 4.79 Å². The Morgan fingerprint density at radius 2 is 2.04 bits per heavy atom. The normalized spacial score (nSPS) is 19.2. The fourth-order valence-corrected chi connectivity index (χ4v) is 3.32. The Kier molecular flexibility index (Phi) is 5.53. The molecule has 2 aliphatic heterocycles. The predicted molar refractivity (Wildman–Crippen MR) is 105 cm³/mol. The minimum atomic E-state index is -0.879. The summed E-state index contributed by atoms with van der Waals surface area (Å²) in [6, 6.07) is 3.93. The molecule has 0 spiro atoms. The van der Waals surface area contributed by atoms with Gasteiger partial charge in [0.05, 0.1) is 24.2 Å². The zero-order valence-corrected chi connectivity index (χ0v) is 16.8.